The maximum absolute atomic E-state index is 6.84. The van der Waals surface area contributed by atoms with Crippen molar-refractivity contribution in [1.82, 2.24) is 4.57 Å². The second-order valence-corrected chi connectivity index (χ2v) is 18.7. The maximum atomic E-state index is 6.84. The summed E-state index contributed by atoms with van der Waals surface area (Å²) in [6.07, 6.45) is 0. The van der Waals surface area contributed by atoms with Gasteiger partial charge in [0.05, 0.1) is 27.5 Å². The summed E-state index contributed by atoms with van der Waals surface area (Å²) >= 11 is 0. The van der Waals surface area contributed by atoms with Crippen LogP contribution in [0.4, 0.5) is 17.1 Å². The van der Waals surface area contributed by atoms with Gasteiger partial charge in [0, 0.05) is 33.2 Å². The van der Waals surface area contributed by atoms with Gasteiger partial charge in [0.25, 0.3) is 0 Å². The van der Waals surface area contributed by atoms with Crippen molar-refractivity contribution in [1.29, 1.82) is 0 Å². The Morgan fingerprint density at radius 2 is 0.886 bits per heavy atom. The third-order valence-corrected chi connectivity index (χ3v) is 15.2. The highest BCUT2D eigenvalue weighted by Crippen LogP contribution is 2.63. The zero-order valence-corrected chi connectivity index (χ0v) is 38.1. The van der Waals surface area contributed by atoms with Crippen LogP contribution in [-0.2, 0) is 5.41 Å². The molecule has 2 aliphatic carbocycles. The summed E-state index contributed by atoms with van der Waals surface area (Å²) in [5.41, 5.74) is 23.0. The molecule has 0 radical (unpaired) electrons. The monoisotopic (exact) mass is 890 g/mol. The van der Waals surface area contributed by atoms with E-state index in [9.17, 15) is 0 Å². The van der Waals surface area contributed by atoms with Gasteiger partial charge in [-0.2, -0.15) is 0 Å². The lowest BCUT2D eigenvalue weighted by Gasteiger charge is -2.32. The van der Waals surface area contributed by atoms with Crippen LogP contribution >= 0.6 is 0 Å². The molecule has 1 spiro atoms. The normalized spacial score (nSPS) is 13.0. The van der Waals surface area contributed by atoms with Crippen molar-refractivity contribution in [2.45, 2.75) is 5.41 Å². The zero-order valence-electron chi connectivity index (χ0n) is 38.1. The number of rotatable bonds is 6. The first-order chi connectivity index (χ1) is 34.7. The van der Waals surface area contributed by atoms with E-state index < -0.39 is 5.41 Å². The van der Waals surface area contributed by atoms with Crippen molar-refractivity contribution in [2.75, 3.05) is 4.90 Å². The molecule has 3 nitrogen and oxygen atoms in total. The predicted octanol–water partition coefficient (Wildman–Crippen LogP) is 17.8. The summed E-state index contributed by atoms with van der Waals surface area (Å²) in [6.45, 7) is 0. The van der Waals surface area contributed by atoms with Crippen LogP contribution in [-0.4, -0.2) is 4.57 Å². The van der Waals surface area contributed by atoms with Gasteiger partial charge >= 0.3 is 0 Å². The lowest BCUT2D eigenvalue weighted by atomic mass is 9.70. The average molecular weight is 891 g/mol. The number of hydrogen-bond acceptors (Lipinski definition) is 2. The van der Waals surface area contributed by atoms with E-state index in [4.69, 9.17) is 4.42 Å². The van der Waals surface area contributed by atoms with E-state index in [-0.39, 0.29) is 0 Å². The molecular weight excluding hydrogens is 849 g/mol. The minimum absolute atomic E-state index is 0.480. The fourth-order valence-corrected chi connectivity index (χ4v) is 12.4. The van der Waals surface area contributed by atoms with E-state index >= 15 is 0 Å². The van der Waals surface area contributed by atoms with Crippen LogP contribution in [0.15, 0.2) is 259 Å². The second kappa shape index (κ2) is 14.9. The smallest absolute Gasteiger partial charge is 0.137 e. The Balaban J connectivity index is 0.972. The van der Waals surface area contributed by atoms with E-state index in [1.165, 1.54) is 83.0 Å². The summed E-state index contributed by atoms with van der Waals surface area (Å²) in [4.78, 5) is 2.46. The van der Waals surface area contributed by atoms with Gasteiger partial charge in [-0.05, 0) is 140 Å². The molecule has 2 aromatic heterocycles. The molecule has 0 saturated carbocycles. The summed E-state index contributed by atoms with van der Waals surface area (Å²) in [5, 5.41) is 4.60. The Bertz CT molecular complexity index is 4170. The standard InChI is InChI=1S/C67H42N2O/c1-3-17-43(18-4-1)44-33-36-47(37-34-44)68(48-38-39-53-52-23-9-13-28-58(52)67(59(53)42-48)56-26-11-7-21-50(56)51-22-8-12-27-57(51)67)62-31-16-32-64-66(62)55-41-45(35-40-63(55)70-64)49-25-15-30-61-65(49)54-24-10-14-29-60(54)69(61)46-19-5-2-6-20-46/h1-42H. The van der Waals surface area contributed by atoms with Gasteiger partial charge in [-0.25, -0.2) is 0 Å². The Morgan fingerprint density at radius 3 is 1.61 bits per heavy atom. The van der Waals surface area contributed by atoms with Crippen molar-refractivity contribution in [2.24, 2.45) is 0 Å². The molecule has 0 saturated heterocycles. The largest absolute Gasteiger partial charge is 0.456 e. The minimum atomic E-state index is -0.480. The number of para-hydroxylation sites is 2. The molecule has 326 valence electrons. The first-order valence-corrected chi connectivity index (χ1v) is 24.2. The van der Waals surface area contributed by atoms with E-state index in [2.05, 4.69) is 264 Å². The summed E-state index contributed by atoms with van der Waals surface area (Å²) in [6, 6.07) is 93.4. The van der Waals surface area contributed by atoms with Crippen molar-refractivity contribution >= 4 is 60.8 Å². The number of aromatic nitrogens is 1. The van der Waals surface area contributed by atoms with Crippen molar-refractivity contribution in [3.63, 3.8) is 0 Å². The third kappa shape index (κ3) is 5.40. The van der Waals surface area contributed by atoms with Crippen molar-refractivity contribution < 1.29 is 4.42 Å². The number of benzene rings is 11. The summed E-state index contributed by atoms with van der Waals surface area (Å²) < 4.78 is 9.23. The summed E-state index contributed by atoms with van der Waals surface area (Å²) in [7, 11) is 0. The molecule has 0 unspecified atom stereocenters. The molecule has 2 aliphatic rings. The number of furan rings is 1. The van der Waals surface area contributed by atoms with Crippen LogP contribution in [0.5, 0.6) is 0 Å². The molecule has 13 aromatic rings. The first-order valence-electron chi connectivity index (χ1n) is 24.2. The molecule has 15 rings (SSSR count). The highest BCUT2D eigenvalue weighted by atomic mass is 16.3. The van der Waals surface area contributed by atoms with Gasteiger partial charge in [0.15, 0.2) is 0 Å². The van der Waals surface area contributed by atoms with Crippen molar-refractivity contribution in [3.05, 3.63) is 277 Å². The molecule has 3 heteroatoms. The van der Waals surface area contributed by atoms with Crippen LogP contribution < -0.4 is 4.90 Å². The maximum Gasteiger partial charge on any atom is 0.137 e. The van der Waals surface area contributed by atoms with E-state index in [1.807, 2.05) is 0 Å². The van der Waals surface area contributed by atoms with Crippen LogP contribution in [0.2, 0.25) is 0 Å². The lowest BCUT2D eigenvalue weighted by Crippen LogP contribution is -2.26. The highest BCUT2D eigenvalue weighted by Gasteiger charge is 2.51. The molecule has 2 heterocycles. The van der Waals surface area contributed by atoms with E-state index in [0.29, 0.717) is 0 Å². The Hall–Kier alpha value is -9.18. The van der Waals surface area contributed by atoms with E-state index in [1.54, 1.807) is 0 Å². The van der Waals surface area contributed by atoms with Gasteiger partial charge in [-0.1, -0.05) is 182 Å². The minimum Gasteiger partial charge on any atom is -0.456 e. The molecule has 0 atom stereocenters. The molecule has 0 aliphatic heterocycles. The molecule has 0 bridgehead atoms. The zero-order chi connectivity index (χ0) is 45.9. The molecule has 70 heavy (non-hydrogen) atoms. The topological polar surface area (TPSA) is 21.3 Å². The van der Waals surface area contributed by atoms with Crippen LogP contribution in [0.3, 0.4) is 0 Å². The van der Waals surface area contributed by atoms with Gasteiger partial charge in [-0.3, -0.25) is 0 Å². The first kappa shape index (κ1) is 38.9. The second-order valence-electron chi connectivity index (χ2n) is 18.7. The lowest BCUT2D eigenvalue weighted by molar-refractivity contribution is 0.669. The molecule has 0 N–H and O–H groups in total. The quantitative estimate of drug-likeness (QED) is 0.166. The van der Waals surface area contributed by atoms with Gasteiger partial charge in [0.2, 0.25) is 0 Å². The number of anilines is 3. The Labute approximate surface area is 405 Å². The van der Waals surface area contributed by atoms with Gasteiger partial charge < -0.3 is 13.9 Å². The average Bonchev–Trinajstić information content (AvgIpc) is 4.16. The Kier molecular flexibility index (Phi) is 8.28. The number of nitrogens with zero attached hydrogens (tertiary/aromatic N) is 2. The number of fused-ring (bicyclic) bond motifs is 16. The van der Waals surface area contributed by atoms with E-state index in [0.717, 1.165) is 50.3 Å². The van der Waals surface area contributed by atoms with Crippen LogP contribution in [0, 0.1) is 0 Å². The van der Waals surface area contributed by atoms with Gasteiger partial charge in [-0.15, -0.1) is 0 Å². The fourth-order valence-electron chi connectivity index (χ4n) is 12.4. The summed E-state index contributed by atoms with van der Waals surface area (Å²) in [5.74, 6) is 0. The SMILES string of the molecule is c1ccc(-c2ccc(N(c3ccc4c(c3)C3(c5ccccc5-c5ccccc53)c3ccccc3-4)c3cccc4oc5ccc(-c6cccc7c6c6ccccc6n7-c6ccccc6)cc5c34)cc2)cc1. The molecule has 0 fully saturated rings. The van der Waals surface area contributed by atoms with Crippen LogP contribution in [0.25, 0.3) is 93.9 Å². The molecule has 0 amide bonds. The fraction of sp³-hybridized carbons (Fsp3) is 0.0149. The Morgan fingerprint density at radius 1 is 0.329 bits per heavy atom. The van der Waals surface area contributed by atoms with Crippen molar-refractivity contribution in [3.8, 4) is 50.2 Å². The van der Waals surface area contributed by atoms with Gasteiger partial charge in [0.1, 0.15) is 11.2 Å². The predicted molar refractivity (Wildman–Crippen MR) is 290 cm³/mol. The number of hydrogen-bond donors (Lipinski definition) is 0. The van der Waals surface area contributed by atoms with Crippen LogP contribution in [0.1, 0.15) is 22.3 Å². The molecule has 11 aromatic carbocycles. The molecular formula is C67H42N2O. The third-order valence-electron chi connectivity index (χ3n) is 15.2. The highest BCUT2D eigenvalue weighted by molar-refractivity contribution is 6.18.